The summed E-state index contributed by atoms with van der Waals surface area (Å²) in [5, 5.41) is 6.39. The first-order chi connectivity index (χ1) is 10.6. The Kier molecular flexibility index (Phi) is 3.86. The van der Waals surface area contributed by atoms with Crippen molar-refractivity contribution in [2.24, 2.45) is 0 Å². The van der Waals surface area contributed by atoms with Gasteiger partial charge >= 0.3 is 0 Å². The largest absolute Gasteiger partial charge is 0.351 e. The summed E-state index contributed by atoms with van der Waals surface area (Å²) in [7, 11) is 0. The van der Waals surface area contributed by atoms with Crippen molar-refractivity contribution >= 4 is 17.5 Å². The lowest BCUT2D eigenvalue weighted by Crippen LogP contribution is -2.52. The minimum absolute atomic E-state index is 0.115. The average molecular weight is 300 g/mol. The van der Waals surface area contributed by atoms with E-state index in [0.717, 1.165) is 12.1 Å². The third kappa shape index (κ3) is 2.83. The number of carbonyl (C=O) groups is 2. The van der Waals surface area contributed by atoms with Crippen molar-refractivity contribution in [1.29, 1.82) is 0 Å². The summed E-state index contributed by atoms with van der Waals surface area (Å²) < 4.78 is 4.92. The van der Waals surface area contributed by atoms with Crippen LogP contribution in [0.15, 0.2) is 35.1 Å². The summed E-state index contributed by atoms with van der Waals surface area (Å²) in [6.07, 6.45) is 4.71. The number of hydrogen-bond acceptors (Lipinski definition) is 5. The van der Waals surface area contributed by atoms with E-state index in [-0.39, 0.29) is 11.7 Å². The Hall–Kier alpha value is -2.70. The molecule has 3 heterocycles. The van der Waals surface area contributed by atoms with E-state index in [0.29, 0.717) is 18.7 Å². The van der Waals surface area contributed by atoms with Gasteiger partial charge in [-0.3, -0.25) is 14.6 Å². The fourth-order valence-electron chi connectivity index (χ4n) is 2.48. The quantitative estimate of drug-likeness (QED) is 0.923. The fourth-order valence-corrected chi connectivity index (χ4v) is 2.48. The second-order valence-electron chi connectivity index (χ2n) is 5.20. The molecule has 7 heteroatoms. The van der Waals surface area contributed by atoms with E-state index in [1.165, 1.54) is 0 Å². The van der Waals surface area contributed by atoms with Crippen molar-refractivity contribution in [1.82, 2.24) is 15.5 Å². The Morgan fingerprint density at radius 3 is 3.05 bits per heavy atom. The Morgan fingerprint density at radius 2 is 2.36 bits per heavy atom. The van der Waals surface area contributed by atoms with E-state index in [1.807, 2.05) is 6.07 Å². The number of aromatic nitrogens is 2. The first-order valence-corrected chi connectivity index (χ1v) is 7.11. The van der Waals surface area contributed by atoms with Crippen LogP contribution in [0.4, 0.5) is 5.69 Å². The standard InChI is InChI=1S/C15H16N4O3/c1-10-8-13(22-18-10)14(20)17-12-5-3-7-19(15(12)21)11-4-2-6-16-9-11/h2,4,6,8-9,12H,3,5,7H2,1H3,(H,17,20)/t12-/m0/s1. The maximum Gasteiger partial charge on any atom is 0.290 e. The molecule has 0 spiro atoms. The molecular formula is C15H16N4O3. The molecule has 2 aromatic heterocycles. The number of aryl methyl sites for hydroxylation is 1. The molecule has 1 aliphatic rings. The van der Waals surface area contributed by atoms with Gasteiger partial charge in [-0.05, 0) is 31.9 Å². The molecular weight excluding hydrogens is 284 g/mol. The molecule has 1 N–H and O–H groups in total. The lowest BCUT2D eigenvalue weighted by molar-refractivity contribution is -0.121. The van der Waals surface area contributed by atoms with E-state index in [1.54, 1.807) is 36.4 Å². The monoisotopic (exact) mass is 300 g/mol. The highest BCUT2D eigenvalue weighted by molar-refractivity contribution is 6.01. The molecule has 0 bridgehead atoms. The Morgan fingerprint density at radius 1 is 1.50 bits per heavy atom. The summed E-state index contributed by atoms with van der Waals surface area (Å²) in [5.41, 5.74) is 1.36. The van der Waals surface area contributed by atoms with Gasteiger partial charge in [-0.15, -0.1) is 0 Å². The van der Waals surface area contributed by atoms with E-state index in [9.17, 15) is 9.59 Å². The van der Waals surface area contributed by atoms with Crippen LogP contribution < -0.4 is 10.2 Å². The van der Waals surface area contributed by atoms with E-state index < -0.39 is 11.9 Å². The highest BCUT2D eigenvalue weighted by atomic mass is 16.5. The number of amides is 2. The van der Waals surface area contributed by atoms with Gasteiger partial charge in [-0.2, -0.15) is 0 Å². The smallest absolute Gasteiger partial charge is 0.290 e. The molecule has 22 heavy (non-hydrogen) atoms. The molecule has 7 nitrogen and oxygen atoms in total. The number of rotatable bonds is 3. The Labute approximate surface area is 127 Å². The summed E-state index contributed by atoms with van der Waals surface area (Å²) >= 11 is 0. The summed E-state index contributed by atoms with van der Waals surface area (Å²) in [5.74, 6) is -0.445. The van der Waals surface area contributed by atoms with Crippen LogP contribution in [0.25, 0.3) is 0 Å². The molecule has 0 radical (unpaired) electrons. The summed E-state index contributed by atoms with van der Waals surface area (Å²) in [6, 6.07) is 4.59. The van der Waals surface area contributed by atoms with Crippen LogP contribution in [-0.4, -0.2) is 34.5 Å². The number of piperidine rings is 1. The van der Waals surface area contributed by atoms with E-state index in [2.05, 4.69) is 15.5 Å². The molecule has 2 amide bonds. The molecule has 0 unspecified atom stereocenters. The minimum atomic E-state index is -0.563. The van der Waals surface area contributed by atoms with E-state index in [4.69, 9.17) is 4.52 Å². The van der Waals surface area contributed by atoms with Gasteiger partial charge in [0.05, 0.1) is 17.6 Å². The molecule has 1 atom stereocenters. The second kappa shape index (κ2) is 5.97. The zero-order valence-corrected chi connectivity index (χ0v) is 12.2. The van der Waals surface area contributed by atoms with Crippen LogP contribution in [0.3, 0.4) is 0 Å². The molecule has 1 aliphatic heterocycles. The molecule has 0 aromatic carbocycles. The van der Waals surface area contributed by atoms with Gasteiger partial charge < -0.3 is 14.7 Å². The molecule has 1 fully saturated rings. The highest BCUT2D eigenvalue weighted by Gasteiger charge is 2.31. The van der Waals surface area contributed by atoms with Gasteiger partial charge in [0.15, 0.2) is 0 Å². The zero-order chi connectivity index (χ0) is 15.5. The van der Waals surface area contributed by atoms with Crippen LogP contribution in [0.2, 0.25) is 0 Å². The first kappa shape index (κ1) is 14.2. The van der Waals surface area contributed by atoms with Crippen LogP contribution in [0.1, 0.15) is 29.1 Å². The third-order valence-corrected chi connectivity index (χ3v) is 3.55. The molecule has 3 rings (SSSR count). The van der Waals surface area contributed by atoms with Crippen molar-refractivity contribution < 1.29 is 14.1 Å². The number of hydrogen-bond donors (Lipinski definition) is 1. The predicted octanol–water partition coefficient (Wildman–Crippen LogP) is 1.30. The number of nitrogens with one attached hydrogen (secondary N) is 1. The van der Waals surface area contributed by atoms with Gasteiger partial charge in [0.25, 0.3) is 5.91 Å². The Balaban J connectivity index is 1.72. The van der Waals surface area contributed by atoms with Crippen LogP contribution in [0.5, 0.6) is 0 Å². The minimum Gasteiger partial charge on any atom is -0.351 e. The number of pyridine rings is 1. The lowest BCUT2D eigenvalue weighted by atomic mass is 10.0. The highest BCUT2D eigenvalue weighted by Crippen LogP contribution is 2.20. The fraction of sp³-hybridized carbons (Fsp3) is 0.333. The third-order valence-electron chi connectivity index (χ3n) is 3.55. The van der Waals surface area contributed by atoms with Crippen LogP contribution in [0, 0.1) is 6.92 Å². The van der Waals surface area contributed by atoms with Gasteiger partial charge in [0.2, 0.25) is 11.7 Å². The second-order valence-corrected chi connectivity index (χ2v) is 5.20. The zero-order valence-electron chi connectivity index (χ0n) is 12.2. The van der Waals surface area contributed by atoms with E-state index >= 15 is 0 Å². The Bertz CT molecular complexity index is 683. The molecule has 114 valence electrons. The SMILES string of the molecule is Cc1cc(C(=O)N[C@H]2CCCN(c3cccnc3)C2=O)on1. The van der Waals surface area contributed by atoms with Crippen molar-refractivity contribution in [3.8, 4) is 0 Å². The van der Waals surface area contributed by atoms with Crippen molar-refractivity contribution in [2.75, 3.05) is 11.4 Å². The van der Waals surface area contributed by atoms with Gasteiger partial charge in [0.1, 0.15) is 6.04 Å². The van der Waals surface area contributed by atoms with Gasteiger partial charge in [-0.25, -0.2) is 0 Å². The topological polar surface area (TPSA) is 88.3 Å². The van der Waals surface area contributed by atoms with Crippen LogP contribution >= 0.6 is 0 Å². The molecule has 1 saturated heterocycles. The maximum atomic E-state index is 12.5. The number of nitrogens with zero attached hydrogens (tertiary/aromatic N) is 3. The van der Waals surface area contributed by atoms with Gasteiger partial charge in [-0.1, -0.05) is 5.16 Å². The number of anilines is 1. The molecule has 2 aromatic rings. The average Bonchev–Trinajstić information content (AvgIpc) is 2.97. The van der Waals surface area contributed by atoms with Crippen molar-refractivity contribution in [2.45, 2.75) is 25.8 Å². The van der Waals surface area contributed by atoms with Gasteiger partial charge in [0, 0.05) is 18.8 Å². The predicted molar refractivity (Wildman–Crippen MR) is 78.3 cm³/mol. The lowest BCUT2D eigenvalue weighted by Gasteiger charge is -2.32. The summed E-state index contributed by atoms with van der Waals surface area (Å²) in [6.45, 7) is 2.36. The molecule has 0 aliphatic carbocycles. The number of carbonyl (C=O) groups excluding carboxylic acids is 2. The summed E-state index contributed by atoms with van der Waals surface area (Å²) in [4.78, 5) is 30.3. The van der Waals surface area contributed by atoms with Crippen molar-refractivity contribution in [3.05, 3.63) is 42.0 Å². The van der Waals surface area contributed by atoms with Crippen LogP contribution in [-0.2, 0) is 4.79 Å². The normalized spacial score (nSPS) is 18.3. The maximum absolute atomic E-state index is 12.5. The molecule has 0 saturated carbocycles. The first-order valence-electron chi connectivity index (χ1n) is 7.11. The van der Waals surface area contributed by atoms with Crippen molar-refractivity contribution in [3.63, 3.8) is 0 Å².